The molecule has 1 heterocycles. The lowest BCUT2D eigenvalue weighted by Crippen LogP contribution is -2.31. The topological polar surface area (TPSA) is 21.3 Å². The zero-order valence-electron chi connectivity index (χ0n) is 9.72. The maximum Gasteiger partial charge on any atom is 0.0699 e. The summed E-state index contributed by atoms with van der Waals surface area (Å²) in [5.74, 6) is 0. The largest absolute Gasteiger partial charge is 0.377 e. The first-order chi connectivity index (χ1) is 8.25. The van der Waals surface area contributed by atoms with Crippen LogP contribution in [-0.4, -0.2) is 19.3 Å². The maximum absolute atomic E-state index is 6.15. The monoisotopic (exact) mass is 317 g/mol. The van der Waals surface area contributed by atoms with Gasteiger partial charge in [-0.25, -0.2) is 0 Å². The van der Waals surface area contributed by atoms with E-state index in [9.17, 15) is 0 Å². The Morgan fingerprint density at radius 1 is 1.41 bits per heavy atom. The Labute approximate surface area is 116 Å². The molecule has 1 aliphatic heterocycles. The van der Waals surface area contributed by atoms with E-state index in [4.69, 9.17) is 16.3 Å². The summed E-state index contributed by atoms with van der Waals surface area (Å²) in [6.45, 7) is 2.61. The van der Waals surface area contributed by atoms with E-state index in [1.54, 1.807) is 0 Å². The number of ether oxygens (including phenoxy) is 1. The molecule has 0 spiro atoms. The highest BCUT2D eigenvalue weighted by Crippen LogP contribution is 2.21. The van der Waals surface area contributed by atoms with E-state index >= 15 is 0 Å². The average molecular weight is 319 g/mol. The number of rotatable bonds is 4. The molecule has 0 saturated carbocycles. The van der Waals surface area contributed by atoms with Crippen LogP contribution in [0.5, 0.6) is 0 Å². The molecule has 17 heavy (non-hydrogen) atoms. The molecule has 0 aromatic heterocycles. The Bertz CT molecular complexity index is 366. The van der Waals surface area contributed by atoms with Gasteiger partial charge in [-0.05, 0) is 37.0 Å². The first-order valence-corrected chi connectivity index (χ1v) is 7.19. The fourth-order valence-corrected chi connectivity index (χ4v) is 2.74. The number of benzene rings is 1. The second-order valence-electron chi connectivity index (χ2n) is 4.36. The summed E-state index contributed by atoms with van der Waals surface area (Å²) in [5.41, 5.74) is 1.13. The van der Waals surface area contributed by atoms with Crippen LogP contribution >= 0.6 is 27.5 Å². The van der Waals surface area contributed by atoms with Crippen molar-refractivity contribution in [1.29, 1.82) is 0 Å². The van der Waals surface area contributed by atoms with Gasteiger partial charge in [-0.1, -0.05) is 33.6 Å². The van der Waals surface area contributed by atoms with Gasteiger partial charge in [0.15, 0.2) is 0 Å². The van der Waals surface area contributed by atoms with Crippen molar-refractivity contribution >= 4 is 27.5 Å². The van der Waals surface area contributed by atoms with Gasteiger partial charge in [-0.3, -0.25) is 0 Å². The van der Waals surface area contributed by atoms with E-state index in [1.807, 2.05) is 18.2 Å². The predicted octanol–water partition coefficient (Wildman–Crippen LogP) is 3.76. The van der Waals surface area contributed by atoms with Crippen LogP contribution in [0, 0.1) is 0 Å². The van der Waals surface area contributed by atoms with Crippen molar-refractivity contribution in [3.63, 3.8) is 0 Å². The number of halogens is 2. The molecular weight excluding hydrogens is 302 g/mol. The second kappa shape index (κ2) is 6.74. The van der Waals surface area contributed by atoms with Gasteiger partial charge in [0.05, 0.1) is 6.10 Å². The molecule has 0 amide bonds. The number of hydrogen-bond acceptors (Lipinski definition) is 2. The van der Waals surface area contributed by atoms with Gasteiger partial charge < -0.3 is 10.1 Å². The molecule has 94 valence electrons. The Kier molecular flexibility index (Phi) is 5.29. The van der Waals surface area contributed by atoms with E-state index in [0.29, 0.717) is 6.10 Å². The third-order valence-corrected chi connectivity index (χ3v) is 3.82. The molecule has 4 heteroatoms. The van der Waals surface area contributed by atoms with E-state index in [-0.39, 0.29) is 0 Å². The summed E-state index contributed by atoms with van der Waals surface area (Å²) in [7, 11) is 0. The SMILES string of the molecule is Clc1cc(Br)ccc1CNCC1CCCCO1. The minimum absolute atomic E-state index is 0.373. The van der Waals surface area contributed by atoms with Crippen molar-refractivity contribution in [1.82, 2.24) is 5.32 Å². The van der Waals surface area contributed by atoms with Crippen molar-refractivity contribution in [3.05, 3.63) is 33.3 Å². The molecule has 0 radical (unpaired) electrons. The van der Waals surface area contributed by atoms with Gasteiger partial charge in [0, 0.05) is 29.2 Å². The van der Waals surface area contributed by atoms with Crippen LogP contribution < -0.4 is 5.32 Å². The predicted molar refractivity (Wildman–Crippen MR) is 74.4 cm³/mol. The normalized spacial score (nSPS) is 20.5. The molecule has 1 N–H and O–H groups in total. The molecule has 1 fully saturated rings. The van der Waals surface area contributed by atoms with Crippen LogP contribution in [-0.2, 0) is 11.3 Å². The fraction of sp³-hybridized carbons (Fsp3) is 0.538. The Morgan fingerprint density at radius 2 is 2.29 bits per heavy atom. The first kappa shape index (κ1) is 13.3. The fourth-order valence-electron chi connectivity index (χ4n) is 2.00. The highest BCUT2D eigenvalue weighted by molar-refractivity contribution is 9.10. The number of hydrogen-bond donors (Lipinski definition) is 1. The molecule has 0 aliphatic carbocycles. The standard InChI is InChI=1S/C13H17BrClNO/c14-11-5-4-10(13(15)7-11)8-16-9-12-3-1-2-6-17-12/h4-5,7,12,16H,1-3,6,8-9H2. The van der Waals surface area contributed by atoms with Crippen LogP contribution in [0.15, 0.2) is 22.7 Å². The molecule has 1 unspecified atom stereocenters. The minimum atomic E-state index is 0.373. The zero-order valence-corrected chi connectivity index (χ0v) is 12.1. The maximum atomic E-state index is 6.15. The highest BCUT2D eigenvalue weighted by Gasteiger charge is 2.13. The van der Waals surface area contributed by atoms with Crippen molar-refractivity contribution in [2.24, 2.45) is 0 Å². The second-order valence-corrected chi connectivity index (χ2v) is 5.68. The third-order valence-electron chi connectivity index (χ3n) is 2.98. The van der Waals surface area contributed by atoms with Gasteiger partial charge in [-0.15, -0.1) is 0 Å². The molecule has 1 aromatic carbocycles. The molecule has 1 aliphatic rings. The molecule has 1 saturated heterocycles. The van der Waals surface area contributed by atoms with E-state index in [0.717, 1.165) is 34.8 Å². The van der Waals surface area contributed by atoms with Crippen LogP contribution in [0.25, 0.3) is 0 Å². The Balaban J connectivity index is 1.77. The van der Waals surface area contributed by atoms with Gasteiger partial charge in [0.25, 0.3) is 0 Å². The summed E-state index contributed by atoms with van der Waals surface area (Å²) in [5, 5.41) is 4.21. The molecule has 2 nitrogen and oxygen atoms in total. The molecular formula is C13H17BrClNO. The molecule has 1 aromatic rings. The molecule has 0 bridgehead atoms. The molecule has 2 rings (SSSR count). The average Bonchev–Trinajstić information content (AvgIpc) is 2.33. The van der Waals surface area contributed by atoms with Crippen molar-refractivity contribution < 1.29 is 4.74 Å². The van der Waals surface area contributed by atoms with Crippen molar-refractivity contribution in [2.75, 3.05) is 13.2 Å². The summed E-state index contributed by atoms with van der Waals surface area (Å²) >= 11 is 9.55. The van der Waals surface area contributed by atoms with Crippen molar-refractivity contribution in [3.8, 4) is 0 Å². The smallest absolute Gasteiger partial charge is 0.0699 e. The number of nitrogens with one attached hydrogen (secondary N) is 1. The van der Waals surface area contributed by atoms with Gasteiger partial charge >= 0.3 is 0 Å². The summed E-state index contributed by atoms with van der Waals surface area (Å²) in [6.07, 6.45) is 4.03. The molecule has 1 atom stereocenters. The van der Waals surface area contributed by atoms with Crippen molar-refractivity contribution in [2.45, 2.75) is 31.9 Å². The lowest BCUT2D eigenvalue weighted by molar-refractivity contribution is 0.0168. The van der Waals surface area contributed by atoms with Crippen LogP contribution in [0.1, 0.15) is 24.8 Å². The lowest BCUT2D eigenvalue weighted by Gasteiger charge is -2.22. The van der Waals surface area contributed by atoms with Crippen LogP contribution in [0.2, 0.25) is 5.02 Å². The van der Waals surface area contributed by atoms with E-state index in [1.165, 1.54) is 19.3 Å². The summed E-state index contributed by atoms with van der Waals surface area (Å²) < 4.78 is 6.68. The highest BCUT2D eigenvalue weighted by atomic mass is 79.9. The summed E-state index contributed by atoms with van der Waals surface area (Å²) in [6, 6.07) is 5.98. The third kappa shape index (κ3) is 4.25. The van der Waals surface area contributed by atoms with Gasteiger partial charge in [0.1, 0.15) is 0 Å². The quantitative estimate of drug-likeness (QED) is 0.912. The lowest BCUT2D eigenvalue weighted by atomic mass is 10.1. The Hall–Kier alpha value is -0.0900. The Morgan fingerprint density at radius 3 is 3.00 bits per heavy atom. The zero-order chi connectivity index (χ0) is 12.1. The minimum Gasteiger partial charge on any atom is -0.377 e. The van der Waals surface area contributed by atoms with Crippen LogP contribution in [0.3, 0.4) is 0 Å². The van der Waals surface area contributed by atoms with Gasteiger partial charge in [0.2, 0.25) is 0 Å². The first-order valence-electron chi connectivity index (χ1n) is 6.02. The summed E-state index contributed by atoms with van der Waals surface area (Å²) in [4.78, 5) is 0. The van der Waals surface area contributed by atoms with Crippen LogP contribution in [0.4, 0.5) is 0 Å². The van der Waals surface area contributed by atoms with E-state index in [2.05, 4.69) is 21.2 Å². The van der Waals surface area contributed by atoms with Gasteiger partial charge in [-0.2, -0.15) is 0 Å². The van der Waals surface area contributed by atoms with E-state index < -0.39 is 0 Å².